The van der Waals surface area contributed by atoms with Gasteiger partial charge >= 0.3 is 0 Å². The molecule has 1 saturated heterocycles. The molecule has 0 spiro atoms. The average Bonchev–Trinajstić information content (AvgIpc) is 2.59. The van der Waals surface area contributed by atoms with Crippen molar-refractivity contribution in [2.75, 3.05) is 19.6 Å². The minimum absolute atomic E-state index is 0.471. The zero-order valence-electron chi connectivity index (χ0n) is 9.91. The molecule has 0 aromatic heterocycles. The summed E-state index contributed by atoms with van der Waals surface area (Å²) in [6.07, 6.45) is 5.14. The zero-order valence-corrected chi connectivity index (χ0v) is 9.91. The number of fused-ring (bicyclic) bond motifs is 1. The molecule has 15 heavy (non-hydrogen) atoms. The lowest BCUT2D eigenvalue weighted by molar-refractivity contribution is 0.259. The van der Waals surface area contributed by atoms with Gasteiger partial charge in [-0.1, -0.05) is 12.0 Å². The Labute approximate surface area is 93.5 Å². The number of hydrogen-bond donors (Lipinski definition) is 1. The van der Waals surface area contributed by atoms with Crippen molar-refractivity contribution in [3.05, 3.63) is 12.2 Å². The van der Waals surface area contributed by atoms with Crippen molar-refractivity contribution < 1.29 is 0 Å². The Kier molecular flexibility index (Phi) is 3.47. The second-order valence-corrected chi connectivity index (χ2v) is 5.49. The summed E-state index contributed by atoms with van der Waals surface area (Å²) in [6, 6.07) is 0.471. The van der Waals surface area contributed by atoms with Gasteiger partial charge in [-0.3, -0.25) is 0 Å². The molecule has 2 rings (SSSR count). The number of nitrogens with two attached hydrogens (primary N) is 1. The van der Waals surface area contributed by atoms with Gasteiger partial charge in [0, 0.05) is 25.7 Å². The fraction of sp³-hybridized carbons (Fsp3) is 0.846. The molecule has 0 bridgehead atoms. The fourth-order valence-corrected chi connectivity index (χ4v) is 3.14. The highest BCUT2D eigenvalue weighted by molar-refractivity contribution is 4.95. The molecule has 1 heterocycles. The molecule has 2 heteroatoms. The molecule has 1 aliphatic heterocycles. The minimum atomic E-state index is 0.471. The molecular formula is C13H24N2. The third-order valence-corrected chi connectivity index (χ3v) is 4.08. The standard InChI is InChI=1S/C13H24N2/c1-10(2)6-7-15-8-11-4-3-5-13(14)12(11)9-15/h11-13H,1,3-9,14H2,2H3. The van der Waals surface area contributed by atoms with Crippen molar-refractivity contribution in [3.8, 4) is 0 Å². The molecule has 2 N–H and O–H groups in total. The number of hydrogen-bond acceptors (Lipinski definition) is 2. The highest BCUT2D eigenvalue weighted by Crippen LogP contribution is 2.35. The molecule has 1 aliphatic carbocycles. The Morgan fingerprint density at radius 2 is 2.20 bits per heavy atom. The monoisotopic (exact) mass is 208 g/mol. The van der Waals surface area contributed by atoms with Crippen molar-refractivity contribution in [2.24, 2.45) is 17.6 Å². The Balaban J connectivity index is 1.84. The maximum Gasteiger partial charge on any atom is 0.00825 e. The van der Waals surface area contributed by atoms with Crippen LogP contribution in [-0.2, 0) is 0 Å². The molecule has 86 valence electrons. The summed E-state index contributed by atoms with van der Waals surface area (Å²) in [5, 5.41) is 0. The molecule has 2 fully saturated rings. The highest BCUT2D eigenvalue weighted by Gasteiger charge is 2.38. The summed E-state index contributed by atoms with van der Waals surface area (Å²) < 4.78 is 0. The predicted molar refractivity (Wildman–Crippen MR) is 64.7 cm³/mol. The summed E-state index contributed by atoms with van der Waals surface area (Å²) in [6.45, 7) is 9.80. The van der Waals surface area contributed by atoms with Crippen LogP contribution < -0.4 is 5.73 Å². The molecule has 3 unspecified atom stereocenters. The van der Waals surface area contributed by atoms with Crippen molar-refractivity contribution in [2.45, 2.75) is 38.6 Å². The number of likely N-dealkylation sites (tertiary alicyclic amines) is 1. The Morgan fingerprint density at radius 3 is 2.87 bits per heavy atom. The van der Waals surface area contributed by atoms with Crippen LogP contribution in [0.3, 0.4) is 0 Å². The normalized spacial score (nSPS) is 36.5. The maximum atomic E-state index is 6.19. The van der Waals surface area contributed by atoms with Gasteiger partial charge < -0.3 is 10.6 Å². The first kappa shape index (κ1) is 11.2. The van der Waals surface area contributed by atoms with E-state index in [0.29, 0.717) is 6.04 Å². The topological polar surface area (TPSA) is 29.3 Å². The third-order valence-electron chi connectivity index (χ3n) is 4.08. The SMILES string of the molecule is C=C(C)CCN1CC2CCCC(N)C2C1. The second-order valence-electron chi connectivity index (χ2n) is 5.49. The van der Waals surface area contributed by atoms with Crippen LogP contribution >= 0.6 is 0 Å². The minimum Gasteiger partial charge on any atom is -0.327 e. The van der Waals surface area contributed by atoms with E-state index in [9.17, 15) is 0 Å². The third kappa shape index (κ3) is 2.61. The van der Waals surface area contributed by atoms with Crippen molar-refractivity contribution in [3.63, 3.8) is 0 Å². The Morgan fingerprint density at radius 1 is 1.40 bits per heavy atom. The molecule has 2 nitrogen and oxygen atoms in total. The van der Waals surface area contributed by atoms with Gasteiger partial charge in [-0.2, -0.15) is 0 Å². The number of nitrogens with zero attached hydrogens (tertiary/aromatic N) is 1. The zero-order chi connectivity index (χ0) is 10.8. The first-order valence-corrected chi connectivity index (χ1v) is 6.29. The molecule has 1 saturated carbocycles. The summed E-state index contributed by atoms with van der Waals surface area (Å²) in [5.41, 5.74) is 7.49. The Hall–Kier alpha value is -0.340. The van der Waals surface area contributed by atoms with Crippen LogP contribution in [0.1, 0.15) is 32.6 Å². The lowest BCUT2D eigenvalue weighted by Gasteiger charge is -2.29. The van der Waals surface area contributed by atoms with E-state index >= 15 is 0 Å². The van der Waals surface area contributed by atoms with Crippen LogP contribution in [0.15, 0.2) is 12.2 Å². The van der Waals surface area contributed by atoms with Crippen molar-refractivity contribution in [1.82, 2.24) is 4.90 Å². The number of rotatable bonds is 3. The van der Waals surface area contributed by atoms with E-state index in [1.807, 2.05) is 0 Å². The Bertz CT molecular complexity index is 237. The van der Waals surface area contributed by atoms with Crippen LogP contribution in [0.5, 0.6) is 0 Å². The van der Waals surface area contributed by atoms with E-state index in [2.05, 4.69) is 18.4 Å². The van der Waals surface area contributed by atoms with Gasteiger partial charge in [0.05, 0.1) is 0 Å². The molecule has 0 amide bonds. The van der Waals surface area contributed by atoms with Gasteiger partial charge in [0.25, 0.3) is 0 Å². The van der Waals surface area contributed by atoms with Crippen LogP contribution in [0.25, 0.3) is 0 Å². The van der Waals surface area contributed by atoms with Gasteiger partial charge in [0.2, 0.25) is 0 Å². The van der Waals surface area contributed by atoms with E-state index in [4.69, 9.17) is 5.73 Å². The molecule has 0 aromatic rings. The van der Waals surface area contributed by atoms with Gasteiger partial charge in [-0.25, -0.2) is 0 Å². The van der Waals surface area contributed by atoms with Crippen LogP contribution in [-0.4, -0.2) is 30.6 Å². The summed E-state index contributed by atoms with van der Waals surface area (Å²) in [7, 11) is 0. The maximum absolute atomic E-state index is 6.19. The van der Waals surface area contributed by atoms with Crippen molar-refractivity contribution >= 4 is 0 Å². The lowest BCUT2D eigenvalue weighted by Crippen LogP contribution is -2.38. The molecular weight excluding hydrogens is 184 g/mol. The first-order valence-electron chi connectivity index (χ1n) is 6.29. The van der Waals surface area contributed by atoms with E-state index in [0.717, 1.165) is 18.3 Å². The van der Waals surface area contributed by atoms with E-state index in [1.165, 1.54) is 44.5 Å². The van der Waals surface area contributed by atoms with E-state index in [1.54, 1.807) is 0 Å². The summed E-state index contributed by atoms with van der Waals surface area (Å²) in [4.78, 5) is 2.59. The van der Waals surface area contributed by atoms with Crippen LogP contribution in [0, 0.1) is 11.8 Å². The van der Waals surface area contributed by atoms with Crippen molar-refractivity contribution in [1.29, 1.82) is 0 Å². The first-order chi connectivity index (χ1) is 7.16. The second kappa shape index (κ2) is 4.67. The van der Waals surface area contributed by atoms with Crippen LogP contribution in [0.4, 0.5) is 0 Å². The lowest BCUT2D eigenvalue weighted by atomic mass is 9.78. The van der Waals surface area contributed by atoms with E-state index in [-0.39, 0.29) is 0 Å². The van der Waals surface area contributed by atoms with E-state index < -0.39 is 0 Å². The smallest absolute Gasteiger partial charge is 0.00825 e. The highest BCUT2D eigenvalue weighted by atomic mass is 15.2. The average molecular weight is 208 g/mol. The molecule has 3 atom stereocenters. The largest absolute Gasteiger partial charge is 0.327 e. The van der Waals surface area contributed by atoms with Crippen LogP contribution in [0.2, 0.25) is 0 Å². The molecule has 2 aliphatic rings. The quantitative estimate of drug-likeness (QED) is 0.719. The summed E-state index contributed by atoms with van der Waals surface area (Å²) >= 11 is 0. The van der Waals surface area contributed by atoms with Gasteiger partial charge in [-0.05, 0) is 38.0 Å². The molecule has 0 radical (unpaired) electrons. The summed E-state index contributed by atoms with van der Waals surface area (Å²) in [5.74, 6) is 1.67. The fourth-order valence-electron chi connectivity index (χ4n) is 3.14. The molecule has 0 aromatic carbocycles. The predicted octanol–water partition coefficient (Wildman–Crippen LogP) is 2.01. The van der Waals surface area contributed by atoms with Gasteiger partial charge in [0.1, 0.15) is 0 Å². The van der Waals surface area contributed by atoms with Gasteiger partial charge in [0.15, 0.2) is 0 Å². The van der Waals surface area contributed by atoms with Gasteiger partial charge in [-0.15, -0.1) is 6.58 Å².